The molecule has 0 saturated heterocycles. The summed E-state index contributed by atoms with van der Waals surface area (Å²) >= 11 is 14.7. The number of sulfonamides is 1. The Balaban J connectivity index is 1.86. The summed E-state index contributed by atoms with van der Waals surface area (Å²) in [4.78, 5) is 0. The molecule has 6 nitrogen and oxygen atoms in total. The number of rotatable bonds is 9. The molecule has 0 fully saturated rings. The van der Waals surface area contributed by atoms with Crippen LogP contribution in [-0.2, 0) is 20.0 Å². The molecule has 3 aromatic carbocycles. The van der Waals surface area contributed by atoms with E-state index in [9.17, 15) is 18.6 Å². The minimum absolute atomic E-state index is 0.00329. The van der Waals surface area contributed by atoms with Crippen LogP contribution in [0.25, 0.3) is 0 Å². The van der Waals surface area contributed by atoms with Gasteiger partial charge in [-0.3, -0.25) is 10.0 Å². The summed E-state index contributed by atoms with van der Waals surface area (Å²) in [5, 5.41) is 25.1. The number of aliphatic hydroxyl groups excluding tert-OH is 1. The summed E-state index contributed by atoms with van der Waals surface area (Å²) < 4.78 is 24.7. The highest BCUT2D eigenvalue weighted by molar-refractivity contribution is 14.1. The summed E-state index contributed by atoms with van der Waals surface area (Å²) in [5.41, 5.74) is 2.42. The SMILES string of the molecule is CS(=O)(=O)Nc1cc(C(O)CNC(I)(Cc2ccccc2)c2ccc(Cl)c(Cl)c2)ccc1O. The van der Waals surface area contributed by atoms with Crippen LogP contribution in [0.15, 0.2) is 66.7 Å². The molecule has 0 aliphatic heterocycles. The average molecular weight is 621 g/mol. The number of nitrogens with one attached hydrogen (secondary N) is 2. The standard InChI is InChI=1S/C23H23Cl2IN2O4S/c1-33(31,32)28-20-11-16(7-10-21(20)29)22(30)14-27-23(26,13-15-5-3-2-4-6-15)17-8-9-18(24)19(25)12-17/h2-12,22,27-30H,13-14H2,1H3. The molecule has 0 aliphatic carbocycles. The van der Waals surface area contributed by atoms with Gasteiger partial charge in [0.25, 0.3) is 0 Å². The van der Waals surface area contributed by atoms with E-state index in [0.29, 0.717) is 22.0 Å². The van der Waals surface area contributed by atoms with Crippen molar-refractivity contribution in [2.24, 2.45) is 0 Å². The number of phenols is 1. The highest BCUT2D eigenvalue weighted by Crippen LogP contribution is 2.37. The van der Waals surface area contributed by atoms with E-state index < -0.39 is 19.7 Å². The van der Waals surface area contributed by atoms with Gasteiger partial charge in [0.2, 0.25) is 10.0 Å². The minimum Gasteiger partial charge on any atom is -0.506 e. The number of halogens is 3. The van der Waals surface area contributed by atoms with Crippen LogP contribution < -0.4 is 10.0 Å². The number of benzene rings is 3. The lowest BCUT2D eigenvalue weighted by atomic mass is 9.98. The Hall–Kier alpha value is -1.56. The third-order valence-electron chi connectivity index (χ3n) is 4.94. The third kappa shape index (κ3) is 7.21. The fourth-order valence-electron chi connectivity index (χ4n) is 3.31. The van der Waals surface area contributed by atoms with E-state index in [2.05, 4.69) is 32.6 Å². The average Bonchev–Trinajstić information content (AvgIpc) is 2.75. The molecule has 3 aromatic rings. The van der Waals surface area contributed by atoms with Crippen LogP contribution in [0, 0.1) is 0 Å². The first-order valence-corrected chi connectivity index (χ1v) is 13.6. The first-order chi connectivity index (χ1) is 15.5. The molecule has 0 spiro atoms. The van der Waals surface area contributed by atoms with Gasteiger partial charge >= 0.3 is 0 Å². The van der Waals surface area contributed by atoms with E-state index in [4.69, 9.17) is 23.2 Å². The van der Waals surface area contributed by atoms with Gasteiger partial charge < -0.3 is 10.2 Å². The van der Waals surface area contributed by atoms with Crippen LogP contribution in [0.4, 0.5) is 5.69 Å². The van der Waals surface area contributed by atoms with Crippen molar-refractivity contribution in [2.45, 2.75) is 16.1 Å². The topological polar surface area (TPSA) is 98.7 Å². The van der Waals surface area contributed by atoms with Gasteiger partial charge in [-0.05, 0) is 41.0 Å². The zero-order chi connectivity index (χ0) is 24.2. The summed E-state index contributed by atoms with van der Waals surface area (Å²) in [6.07, 6.45) is 0.621. The van der Waals surface area contributed by atoms with E-state index in [1.807, 2.05) is 36.4 Å². The number of anilines is 1. The molecular formula is C23H23Cl2IN2O4S. The maximum absolute atomic E-state index is 11.6. The molecule has 176 valence electrons. The molecule has 0 aromatic heterocycles. The van der Waals surface area contributed by atoms with Gasteiger partial charge in [-0.2, -0.15) is 0 Å². The maximum Gasteiger partial charge on any atom is 0.229 e. The Morgan fingerprint density at radius 3 is 2.36 bits per heavy atom. The molecule has 4 N–H and O–H groups in total. The molecule has 0 heterocycles. The molecule has 0 radical (unpaired) electrons. The molecule has 0 bridgehead atoms. The Morgan fingerprint density at radius 1 is 1.03 bits per heavy atom. The van der Waals surface area contributed by atoms with E-state index in [1.165, 1.54) is 12.1 Å². The molecule has 0 aliphatic rings. The van der Waals surface area contributed by atoms with Crippen LogP contribution in [-0.4, -0.2) is 31.4 Å². The van der Waals surface area contributed by atoms with Gasteiger partial charge in [-0.1, -0.05) is 88.3 Å². The van der Waals surface area contributed by atoms with E-state index >= 15 is 0 Å². The second-order valence-electron chi connectivity index (χ2n) is 7.64. The van der Waals surface area contributed by atoms with Gasteiger partial charge in [0.05, 0.1) is 28.1 Å². The smallest absolute Gasteiger partial charge is 0.229 e. The molecule has 33 heavy (non-hydrogen) atoms. The summed E-state index contributed by atoms with van der Waals surface area (Å²) in [7, 11) is -3.59. The monoisotopic (exact) mass is 620 g/mol. The lowest BCUT2D eigenvalue weighted by molar-refractivity contribution is 0.168. The predicted molar refractivity (Wildman–Crippen MR) is 142 cm³/mol. The molecular weight excluding hydrogens is 598 g/mol. The van der Waals surface area contributed by atoms with Gasteiger partial charge in [0.15, 0.2) is 0 Å². The van der Waals surface area contributed by atoms with Crippen molar-refractivity contribution in [3.8, 4) is 5.75 Å². The number of aromatic hydroxyl groups is 1. The Bertz CT molecular complexity index is 1230. The Labute approximate surface area is 217 Å². The highest BCUT2D eigenvalue weighted by atomic mass is 127. The van der Waals surface area contributed by atoms with Gasteiger partial charge in [-0.15, -0.1) is 0 Å². The van der Waals surface area contributed by atoms with Crippen LogP contribution in [0.5, 0.6) is 5.75 Å². The van der Waals surface area contributed by atoms with Gasteiger partial charge in [-0.25, -0.2) is 8.42 Å². The first-order valence-electron chi connectivity index (χ1n) is 9.89. The van der Waals surface area contributed by atoms with Gasteiger partial charge in [0.1, 0.15) is 9.30 Å². The van der Waals surface area contributed by atoms with Crippen LogP contribution in [0.1, 0.15) is 22.8 Å². The number of hydrogen-bond acceptors (Lipinski definition) is 5. The van der Waals surface area contributed by atoms with E-state index in [1.54, 1.807) is 18.2 Å². The fourth-order valence-corrected chi connectivity index (χ4v) is 5.16. The molecule has 0 amide bonds. The molecule has 10 heteroatoms. The van der Waals surface area contributed by atoms with Crippen LogP contribution in [0.3, 0.4) is 0 Å². The van der Waals surface area contributed by atoms with Crippen molar-refractivity contribution < 1.29 is 18.6 Å². The number of hydrogen-bond donors (Lipinski definition) is 4. The zero-order valence-electron chi connectivity index (χ0n) is 17.6. The third-order valence-corrected chi connectivity index (χ3v) is 7.66. The van der Waals surface area contributed by atoms with Crippen molar-refractivity contribution in [1.29, 1.82) is 0 Å². The number of alkyl halides is 1. The van der Waals surface area contributed by atoms with Crippen LogP contribution >= 0.6 is 45.8 Å². The minimum atomic E-state index is -3.59. The Kier molecular flexibility index (Phi) is 8.52. The Morgan fingerprint density at radius 2 is 1.73 bits per heavy atom. The second kappa shape index (κ2) is 10.8. The van der Waals surface area contributed by atoms with Crippen molar-refractivity contribution >= 4 is 61.5 Å². The van der Waals surface area contributed by atoms with Crippen molar-refractivity contribution in [1.82, 2.24) is 5.32 Å². The molecule has 2 unspecified atom stereocenters. The van der Waals surface area contributed by atoms with Gasteiger partial charge in [0, 0.05) is 13.0 Å². The maximum atomic E-state index is 11.6. The van der Waals surface area contributed by atoms with Crippen molar-refractivity contribution in [3.05, 3.63) is 93.5 Å². The van der Waals surface area contributed by atoms with Crippen molar-refractivity contribution in [2.75, 3.05) is 17.5 Å². The summed E-state index contributed by atoms with van der Waals surface area (Å²) in [6.45, 7) is 0.152. The normalized spacial score (nSPS) is 14.5. The second-order valence-corrected chi connectivity index (χ2v) is 12.0. The van der Waals surface area contributed by atoms with Crippen molar-refractivity contribution in [3.63, 3.8) is 0 Å². The number of phenolic OH excluding ortho intramolecular Hbond substituents is 1. The lowest BCUT2D eigenvalue weighted by Gasteiger charge is -2.31. The largest absolute Gasteiger partial charge is 0.506 e. The number of aliphatic hydroxyl groups is 1. The highest BCUT2D eigenvalue weighted by Gasteiger charge is 2.30. The quantitative estimate of drug-likeness (QED) is 0.114. The first kappa shape index (κ1) is 26.1. The summed E-state index contributed by atoms with van der Waals surface area (Å²) in [5.74, 6) is -0.229. The predicted octanol–water partition coefficient (Wildman–Crippen LogP) is 5.22. The lowest BCUT2D eigenvalue weighted by Crippen LogP contribution is -2.41. The van der Waals surface area contributed by atoms with Crippen LogP contribution in [0.2, 0.25) is 10.0 Å². The molecule has 2 atom stereocenters. The molecule has 3 rings (SSSR count). The molecule has 0 saturated carbocycles. The van der Waals surface area contributed by atoms with E-state index in [0.717, 1.165) is 17.4 Å². The zero-order valence-corrected chi connectivity index (χ0v) is 22.1. The fraction of sp³-hybridized carbons (Fsp3) is 0.217. The van der Waals surface area contributed by atoms with E-state index in [-0.39, 0.29) is 18.0 Å². The summed E-state index contributed by atoms with van der Waals surface area (Å²) in [6, 6.07) is 19.6.